The molecule has 0 unspecified atom stereocenters. The summed E-state index contributed by atoms with van der Waals surface area (Å²) in [5.41, 5.74) is 4.06. The number of rotatable bonds is 2. The second-order valence-electron chi connectivity index (χ2n) is 6.74. The highest BCUT2D eigenvalue weighted by Gasteiger charge is 2.52. The van der Waals surface area contributed by atoms with Gasteiger partial charge < -0.3 is 9.31 Å². The molecule has 3 aromatic rings. The van der Waals surface area contributed by atoms with Gasteiger partial charge in [0.05, 0.1) is 27.1 Å². The first-order valence-corrected chi connectivity index (χ1v) is 8.49. The number of benzene rings is 1. The average molecular weight is 327 g/mol. The van der Waals surface area contributed by atoms with Gasteiger partial charge in [0, 0.05) is 17.9 Å². The summed E-state index contributed by atoms with van der Waals surface area (Å²) in [5.74, 6) is 0. The summed E-state index contributed by atoms with van der Waals surface area (Å²) in [6.45, 7) is 8.26. The second-order valence-corrected chi connectivity index (χ2v) is 7.60. The van der Waals surface area contributed by atoms with Crippen LogP contribution in [0.4, 0.5) is 0 Å². The Bertz CT molecular complexity index is 841. The first-order valence-electron chi connectivity index (χ1n) is 7.61. The Kier molecular flexibility index (Phi) is 3.17. The van der Waals surface area contributed by atoms with Gasteiger partial charge in [0.2, 0.25) is 0 Å². The lowest BCUT2D eigenvalue weighted by Gasteiger charge is -2.32. The molecule has 1 fully saturated rings. The van der Waals surface area contributed by atoms with Crippen molar-refractivity contribution in [2.24, 2.45) is 0 Å². The van der Waals surface area contributed by atoms with Gasteiger partial charge in [-0.05, 0) is 39.8 Å². The van der Waals surface area contributed by atoms with E-state index < -0.39 is 0 Å². The highest BCUT2D eigenvalue weighted by Crippen LogP contribution is 2.37. The average Bonchev–Trinajstić information content (AvgIpc) is 3.19. The molecule has 2 aromatic heterocycles. The molecule has 1 aromatic carbocycles. The van der Waals surface area contributed by atoms with E-state index in [1.807, 2.05) is 28.5 Å². The summed E-state index contributed by atoms with van der Waals surface area (Å²) in [4.78, 5) is 4.53. The van der Waals surface area contributed by atoms with Crippen molar-refractivity contribution in [3.8, 4) is 5.69 Å². The Balaban J connectivity index is 1.82. The van der Waals surface area contributed by atoms with E-state index in [1.54, 1.807) is 17.5 Å². The summed E-state index contributed by atoms with van der Waals surface area (Å²) < 4.78 is 15.3. The van der Waals surface area contributed by atoms with Crippen LogP contribution in [-0.2, 0) is 9.31 Å². The zero-order valence-corrected chi connectivity index (χ0v) is 14.4. The Labute approximate surface area is 139 Å². The molecular formula is C16H18BN3O2S. The van der Waals surface area contributed by atoms with Crippen molar-refractivity contribution in [1.82, 2.24) is 14.8 Å². The molecule has 5 nitrogen and oxygen atoms in total. The summed E-state index contributed by atoms with van der Waals surface area (Å²) in [5, 5.41) is 4.31. The van der Waals surface area contributed by atoms with Gasteiger partial charge in [0.15, 0.2) is 0 Å². The van der Waals surface area contributed by atoms with Gasteiger partial charge in [-0.3, -0.25) is 0 Å². The zero-order valence-electron chi connectivity index (χ0n) is 13.6. The molecule has 0 radical (unpaired) electrons. The molecule has 0 atom stereocenters. The molecule has 0 N–H and O–H groups in total. The molecule has 0 spiro atoms. The second kappa shape index (κ2) is 4.90. The van der Waals surface area contributed by atoms with E-state index in [0.717, 1.165) is 21.4 Å². The molecule has 4 rings (SSSR count). The van der Waals surface area contributed by atoms with Crippen LogP contribution in [0, 0.1) is 0 Å². The number of nitrogens with zero attached hydrogens (tertiary/aromatic N) is 3. The molecule has 118 valence electrons. The minimum Gasteiger partial charge on any atom is -0.399 e. The van der Waals surface area contributed by atoms with E-state index in [9.17, 15) is 0 Å². The number of hydrogen-bond acceptors (Lipinski definition) is 5. The van der Waals surface area contributed by atoms with Gasteiger partial charge in [-0.2, -0.15) is 5.10 Å². The molecule has 1 saturated heterocycles. The van der Waals surface area contributed by atoms with Gasteiger partial charge in [-0.1, -0.05) is 6.07 Å². The van der Waals surface area contributed by atoms with E-state index in [1.165, 1.54) is 0 Å². The van der Waals surface area contributed by atoms with Crippen LogP contribution in [0.1, 0.15) is 27.7 Å². The third-order valence-corrected chi connectivity index (χ3v) is 5.63. The predicted molar refractivity (Wildman–Crippen MR) is 92.5 cm³/mol. The van der Waals surface area contributed by atoms with E-state index in [0.29, 0.717) is 0 Å². The third-order valence-electron chi connectivity index (χ3n) is 4.75. The fraction of sp³-hybridized carbons (Fsp3) is 0.375. The van der Waals surface area contributed by atoms with Crippen LogP contribution in [0.2, 0.25) is 0 Å². The lowest BCUT2D eigenvalue weighted by atomic mass is 9.79. The summed E-state index contributed by atoms with van der Waals surface area (Å²) in [6.07, 6.45) is 3.68. The molecule has 0 saturated carbocycles. The molecule has 1 aliphatic rings. The lowest BCUT2D eigenvalue weighted by Crippen LogP contribution is -2.41. The van der Waals surface area contributed by atoms with Gasteiger partial charge in [0.25, 0.3) is 0 Å². The van der Waals surface area contributed by atoms with Gasteiger partial charge >= 0.3 is 7.12 Å². The number of thiazole rings is 1. The third kappa shape index (κ3) is 2.22. The van der Waals surface area contributed by atoms with E-state index in [4.69, 9.17) is 9.31 Å². The van der Waals surface area contributed by atoms with Crippen molar-refractivity contribution >= 4 is 34.1 Å². The maximum atomic E-state index is 6.19. The first kappa shape index (κ1) is 14.9. The van der Waals surface area contributed by atoms with Gasteiger partial charge in [0.1, 0.15) is 5.52 Å². The molecule has 3 heterocycles. The molecule has 23 heavy (non-hydrogen) atoms. The normalized spacial score (nSPS) is 19.6. The SMILES string of the molecule is CC1(C)OB(c2ccc(-n3cccn3)c3ncsc23)OC1(C)C. The van der Waals surface area contributed by atoms with Crippen LogP contribution in [0.3, 0.4) is 0 Å². The Morgan fingerprint density at radius 3 is 2.52 bits per heavy atom. The number of hydrogen-bond donors (Lipinski definition) is 0. The fourth-order valence-electron chi connectivity index (χ4n) is 2.71. The highest BCUT2D eigenvalue weighted by molar-refractivity contribution is 7.18. The summed E-state index contributed by atoms with van der Waals surface area (Å²) >= 11 is 1.60. The Hall–Kier alpha value is -1.70. The minimum absolute atomic E-state index is 0.352. The summed E-state index contributed by atoms with van der Waals surface area (Å²) in [7, 11) is -0.380. The maximum Gasteiger partial charge on any atom is 0.496 e. The molecule has 0 bridgehead atoms. The largest absolute Gasteiger partial charge is 0.496 e. The van der Waals surface area contributed by atoms with Crippen molar-refractivity contribution in [2.75, 3.05) is 0 Å². The molecule has 1 aliphatic heterocycles. The van der Waals surface area contributed by atoms with Crippen molar-refractivity contribution < 1.29 is 9.31 Å². The quantitative estimate of drug-likeness (QED) is 0.679. The van der Waals surface area contributed by atoms with Gasteiger partial charge in [-0.25, -0.2) is 9.67 Å². The van der Waals surface area contributed by atoms with Crippen molar-refractivity contribution in [1.29, 1.82) is 0 Å². The lowest BCUT2D eigenvalue weighted by molar-refractivity contribution is 0.00578. The van der Waals surface area contributed by atoms with Crippen LogP contribution in [0.5, 0.6) is 0 Å². The van der Waals surface area contributed by atoms with Crippen LogP contribution < -0.4 is 5.46 Å². The smallest absolute Gasteiger partial charge is 0.399 e. The molecule has 7 heteroatoms. The minimum atomic E-state index is -0.380. The van der Waals surface area contributed by atoms with Crippen LogP contribution in [0.25, 0.3) is 15.9 Å². The van der Waals surface area contributed by atoms with Gasteiger partial charge in [-0.15, -0.1) is 11.3 Å². The van der Waals surface area contributed by atoms with E-state index in [-0.39, 0.29) is 18.3 Å². The highest BCUT2D eigenvalue weighted by atomic mass is 32.1. The van der Waals surface area contributed by atoms with Crippen molar-refractivity contribution in [3.63, 3.8) is 0 Å². The number of fused-ring (bicyclic) bond motifs is 1. The van der Waals surface area contributed by atoms with Crippen LogP contribution in [0.15, 0.2) is 36.1 Å². The van der Waals surface area contributed by atoms with Crippen LogP contribution >= 0.6 is 11.3 Å². The van der Waals surface area contributed by atoms with Crippen LogP contribution in [-0.4, -0.2) is 33.1 Å². The fourth-order valence-corrected chi connectivity index (χ4v) is 3.54. The standard InChI is InChI=1S/C16H18BN3O2S/c1-15(2)16(3,4)22-17(21-15)11-6-7-12(20-9-5-8-19-20)13-14(11)23-10-18-13/h5-10H,1-4H3. The Morgan fingerprint density at radius 1 is 1.13 bits per heavy atom. The molecule has 0 aliphatic carbocycles. The monoisotopic (exact) mass is 327 g/mol. The summed E-state index contributed by atoms with van der Waals surface area (Å²) in [6, 6.07) is 5.98. The predicted octanol–water partition coefficient (Wildman–Crippen LogP) is 2.78. The van der Waals surface area contributed by atoms with E-state index >= 15 is 0 Å². The molecular weight excluding hydrogens is 309 g/mol. The Morgan fingerprint density at radius 2 is 1.87 bits per heavy atom. The zero-order chi connectivity index (χ0) is 16.2. The maximum absolute atomic E-state index is 6.19. The first-order chi connectivity index (χ1) is 10.9. The van der Waals surface area contributed by atoms with Crippen molar-refractivity contribution in [3.05, 3.63) is 36.1 Å². The van der Waals surface area contributed by atoms with Crippen molar-refractivity contribution in [2.45, 2.75) is 38.9 Å². The molecule has 0 amide bonds. The number of aromatic nitrogens is 3. The topological polar surface area (TPSA) is 49.2 Å². The van der Waals surface area contributed by atoms with E-state index in [2.05, 4.69) is 43.8 Å².